The third-order valence-electron chi connectivity index (χ3n) is 4.77. The van der Waals surface area contributed by atoms with Gasteiger partial charge in [0.15, 0.2) is 5.96 Å². The van der Waals surface area contributed by atoms with Crippen molar-refractivity contribution in [2.45, 2.75) is 46.1 Å². The Bertz CT molecular complexity index is 855. The molecule has 0 spiro atoms. The van der Waals surface area contributed by atoms with Gasteiger partial charge in [-0.25, -0.2) is 18.8 Å². The highest BCUT2D eigenvalue weighted by atomic mass is 127. The predicted molar refractivity (Wildman–Crippen MR) is 130 cm³/mol. The second-order valence-electron chi connectivity index (χ2n) is 7.47. The number of guanidine groups is 1. The lowest BCUT2D eigenvalue weighted by atomic mass is 10.2. The van der Waals surface area contributed by atoms with Crippen LogP contribution in [0.3, 0.4) is 0 Å². The van der Waals surface area contributed by atoms with Gasteiger partial charge in [0.1, 0.15) is 17.5 Å². The second-order valence-corrected chi connectivity index (χ2v) is 7.47. The van der Waals surface area contributed by atoms with Crippen LogP contribution in [0.2, 0.25) is 0 Å². The van der Waals surface area contributed by atoms with Crippen molar-refractivity contribution in [3.63, 3.8) is 0 Å². The van der Waals surface area contributed by atoms with Crippen molar-refractivity contribution < 1.29 is 13.5 Å². The number of morpholine rings is 1. The number of anilines is 1. The van der Waals surface area contributed by atoms with Gasteiger partial charge < -0.3 is 20.3 Å². The lowest BCUT2D eigenvalue weighted by Gasteiger charge is -2.36. The summed E-state index contributed by atoms with van der Waals surface area (Å²) in [5.41, 5.74) is 1.21. The minimum absolute atomic E-state index is 0. The van der Waals surface area contributed by atoms with Crippen molar-refractivity contribution in [2.75, 3.05) is 24.5 Å². The second kappa shape index (κ2) is 12.1. The topological polar surface area (TPSA) is 61.8 Å². The standard InChI is InChI=1S/C22H29F2N5O.HI/c1-4-25-22(28-12-18-9-19(23)6-7-20(18)24)27-11-17-5-8-21(26-10-17)29-13-15(2)30-16(3)14-29;/h5-10,15-16H,4,11-14H2,1-3H3,(H2,25,27,28);1H. The van der Waals surface area contributed by atoms with E-state index in [-0.39, 0.29) is 48.3 Å². The monoisotopic (exact) mass is 545 g/mol. The van der Waals surface area contributed by atoms with E-state index in [0.29, 0.717) is 19.0 Å². The highest BCUT2D eigenvalue weighted by Crippen LogP contribution is 2.18. The van der Waals surface area contributed by atoms with E-state index >= 15 is 0 Å². The Hall–Kier alpha value is -2.01. The molecule has 31 heavy (non-hydrogen) atoms. The maximum Gasteiger partial charge on any atom is 0.191 e. The van der Waals surface area contributed by atoms with Gasteiger partial charge in [-0.15, -0.1) is 24.0 Å². The fourth-order valence-corrected chi connectivity index (χ4v) is 3.43. The van der Waals surface area contributed by atoms with E-state index in [1.165, 1.54) is 6.07 Å². The summed E-state index contributed by atoms with van der Waals surface area (Å²) in [4.78, 5) is 11.3. The summed E-state index contributed by atoms with van der Waals surface area (Å²) in [5, 5.41) is 6.15. The van der Waals surface area contributed by atoms with Crippen molar-refractivity contribution in [3.05, 3.63) is 59.3 Å². The Morgan fingerprint density at radius 2 is 1.90 bits per heavy atom. The number of benzene rings is 1. The SMILES string of the molecule is CCNC(=NCc1ccc(N2CC(C)OC(C)C2)nc1)NCc1cc(F)ccc1F.I. The average Bonchev–Trinajstić information content (AvgIpc) is 2.72. The van der Waals surface area contributed by atoms with Crippen LogP contribution in [0.1, 0.15) is 31.9 Å². The van der Waals surface area contributed by atoms with Crippen LogP contribution in [0.25, 0.3) is 0 Å². The number of aliphatic imine (C=N–C) groups is 1. The average molecular weight is 545 g/mol. The van der Waals surface area contributed by atoms with Gasteiger partial charge in [-0.3, -0.25) is 0 Å². The Kier molecular flexibility index (Phi) is 9.89. The molecule has 0 aliphatic carbocycles. The third kappa shape index (κ3) is 7.57. The number of hydrogen-bond donors (Lipinski definition) is 2. The molecule has 2 N–H and O–H groups in total. The van der Waals surface area contributed by atoms with Crippen LogP contribution in [0, 0.1) is 11.6 Å². The molecule has 3 rings (SSSR count). The largest absolute Gasteiger partial charge is 0.372 e. The van der Waals surface area contributed by atoms with Crippen molar-refractivity contribution in [1.82, 2.24) is 15.6 Å². The maximum absolute atomic E-state index is 13.8. The first-order chi connectivity index (χ1) is 14.4. The molecule has 1 saturated heterocycles. The zero-order valence-corrected chi connectivity index (χ0v) is 20.4. The summed E-state index contributed by atoms with van der Waals surface area (Å²) in [5.74, 6) is 0.536. The third-order valence-corrected chi connectivity index (χ3v) is 4.77. The molecule has 2 heterocycles. The molecule has 2 aromatic rings. The van der Waals surface area contributed by atoms with E-state index in [0.717, 1.165) is 36.6 Å². The summed E-state index contributed by atoms with van der Waals surface area (Å²) in [6, 6.07) is 7.42. The van der Waals surface area contributed by atoms with Crippen molar-refractivity contribution in [1.29, 1.82) is 0 Å². The number of halogens is 3. The number of rotatable bonds is 6. The lowest BCUT2D eigenvalue weighted by molar-refractivity contribution is -0.00545. The quantitative estimate of drug-likeness (QED) is 0.328. The molecular formula is C22H30F2IN5O. The predicted octanol–water partition coefficient (Wildman–Crippen LogP) is 3.85. The van der Waals surface area contributed by atoms with Crippen LogP contribution in [0.15, 0.2) is 41.5 Å². The number of hydrogen-bond acceptors (Lipinski definition) is 4. The first-order valence-corrected chi connectivity index (χ1v) is 10.3. The van der Waals surface area contributed by atoms with E-state index in [2.05, 4.69) is 39.4 Å². The molecule has 1 aromatic heterocycles. The maximum atomic E-state index is 13.8. The molecular weight excluding hydrogens is 515 g/mol. The van der Waals surface area contributed by atoms with Crippen LogP contribution in [-0.2, 0) is 17.8 Å². The summed E-state index contributed by atoms with van der Waals surface area (Å²) >= 11 is 0. The van der Waals surface area contributed by atoms with Crippen LogP contribution in [-0.4, -0.2) is 42.8 Å². The smallest absolute Gasteiger partial charge is 0.191 e. The number of pyridine rings is 1. The fourth-order valence-electron chi connectivity index (χ4n) is 3.43. The molecule has 1 aliphatic rings. The van der Waals surface area contributed by atoms with Gasteiger partial charge in [-0.05, 0) is 50.6 Å². The van der Waals surface area contributed by atoms with Gasteiger partial charge in [-0.1, -0.05) is 6.07 Å². The molecule has 2 unspecified atom stereocenters. The Morgan fingerprint density at radius 1 is 1.16 bits per heavy atom. The molecule has 0 amide bonds. The Labute approximate surface area is 199 Å². The summed E-state index contributed by atoms with van der Waals surface area (Å²) in [7, 11) is 0. The molecule has 2 atom stereocenters. The molecule has 1 aromatic carbocycles. The molecule has 1 aliphatic heterocycles. The minimum atomic E-state index is -0.467. The normalized spacial score (nSPS) is 19.0. The number of aromatic nitrogens is 1. The van der Waals surface area contributed by atoms with Gasteiger partial charge in [0, 0.05) is 37.9 Å². The molecule has 0 radical (unpaired) electrons. The Morgan fingerprint density at radius 3 is 2.55 bits per heavy atom. The van der Waals surface area contributed by atoms with E-state index < -0.39 is 11.6 Å². The lowest BCUT2D eigenvalue weighted by Crippen LogP contribution is -2.45. The molecule has 0 bridgehead atoms. The zero-order chi connectivity index (χ0) is 21.5. The first kappa shape index (κ1) is 25.3. The molecule has 0 saturated carbocycles. The fraction of sp³-hybridized carbons (Fsp3) is 0.455. The Balaban J connectivity index is 0.00000341. The molecule has 6 nitrogen and oxygen atoms in total. The van der Waals surface area contributed by atoms with Gasteiger partial charge in [0.2, 0.25) is 0 Å². The van der Waals surface area contributed by atoms with Crippen LogP contribution < -0.4 is 15.5 Å². The first-order valence-electron chi connectivity index (χ1n) is 10.3. The molecule has 9 heteroatoms. The van der Waals surface area contributed by atoms with Crippen LogP contribution >= 0.6 is 24.0 Å². The highest BCUT2D eigenvalue weighted by molar-refractivity contribution is 14.0. The van der Waals surface area contributed by atoms with Gasteiger partial charge in [-0.2, -0.15) is 0 Å². The van der Waals surface area contributed by atoms with Gasteiger partial charge >= 0.3 is 0 Å². The van der Waals surface area contributed by atoms with E-state index in [1.54, 1.807) is 0 Å². The van der Waals surface area contributed by atoms with E-state index in [4.69, 9.17) is 4.74 Å². The number of nitrogens with zero attached hydrogens (tertiary/aromatic N) is 3. The highest BCUT2D eigenvalue weighted by Gasteiger charge is 2.22. The molecule has 1 fully saturated rings. The molecule has 170 valence electrons. The van der Waals surface area contributed by atoms with E-state index in [1.807, 2.05) is 25.3 Å². The summed E-state index contributed by atoms with van der Waals surface area (Å²) < 4.78 is 32.9. The summed E-state index contributed by atoms with van der Waals surface area (Å²) in [6.45, 7) is 8.93. The minimum Gasteiger partial charge on any atom is -0.372 e. The van der Waals surface area contributed by atoms with Gasteiger partial charge in [0.25, 0.3) is 0 Å². The van der Waals surface area contributed by atoms with Crippen molar-refractivity contribution >= 4 is 35.8 Å². The number of nitrogens with one attached hydrogen (secondary N) is 2. The van der Waals surface area contributed by atoms with Crippen molar-refractivity contribution in [3.8, 4) is 0 Å². The number of ether oxygens (including phenoxy) is 1. The summed E-state index contributed by atoms with van der Waals surface area (Å²) in [6.07, 6.45) is 2.17. The van der Waals surface area contributed by atoms with Crippen molar-refractivity contribution in [2.24, 2.45) is 4.99 Å². The van der Waals surface area contributed by atoms with Crippen LogP contribution in [0.5, 0.6) is 0 Å². The van der Waals surface area contributed by atoms with E-state index in [9.17, 15) is 8.78 Å². The van der Waals surface area contributed by atoms with Crippen LogP contribution in [0.4, 0.5) is 14.6 Å². The zero-order valence-electron chi connectivity index (χ0n) is 18.1. The van der Waals surface area contributed by atoms with Gasteiger partial charge in [0.05, 0.1) is 18.8 Å².